The molecule has 0 atom stereocenters. The van der Waals surface area contributed by atoms with Gasteiger partial charge < -0.3 is 24.0 Å². The molecule has 0 bridgehead atoms. The van der Waals surface area contributed by atoms with Gasteiger partial charge in [-0.1, -0.05) is 6.07 Å². The SMILES string of the molecule is COc1ccc(C(=O)NCCc2cnc3ccccn23)o1.O=C(O)C(F)(F)F. The van der Waals surface area contributed by atoms with E-state index in [2.05, 4.69) is 10.3 Å². The van der Waals surface area contributed by atoms with Crippen LogP contribution in [0.3, 0.4) is 0 Å². The minimum Gasteiger partial charge on any atom is -0.475 e. The lowest BCUT2D eigenvalue weighted by Gasteiger charge is -2.03. The van der Waals surface area contributed by atoms with E-state index in [0.29, 0.717) is 18.9 Å². The van der Waals surface area contributed by atoms with E-state index in [-0.39, 0.29) is 11.7 Å². The Labute approximate surface area is 156 Å². The molecular weight excluding hydrogens is 383 g/mol. The Balaban J connectivity index is 0.000000345. The summed E-state index contributed by atoms with van der Waals surface area (Å²) in [4.78, 5) is 25.1. The Morgan fingerprint density at radius 3 is 2.61 bits per heavy atom. The number of carboxylic acid groups (broad SMARTS) is 1. The van der Waals surface area contributed by atoms with Crippen molar-refractivity contribution in [2.45, 2.75) is 12.6 Å². The fourth-order valence-electron chi connectivity index (χ4n) is 2.11. The van der Waals surface area contributed by atoms with Crippen LogP contribution in [-0.2, 0) is 11.2 Å². The number of rotatable bonds is 5. The number of aliphatic carboxylic acids is 1. The number of methoxy groups -OCH3 is 1. The number of halogens is 3. The van der Waals surface area contributed by atoms with Gasteiger partial charge in [-0.2, -0.15) is 13.2 Å². The maximum Gasteiger partial charge on any atom is 0.490 e. The minimum atomic E-state index is -5.08. The van der Waals surface area contributed by atoms with Gasteiger partial charge in [0.15, 0.2) is 5.76 Å². The average molecular weight is 399 g/mol. The first kappa shape index (κ1) is 20.8. The first-order valence-electron chi connectivity index (χ1n) is 7.85. The molecule has 3 aromatic rings. The minimum absolute atomic E-state index is 0.241. The summed E-state index contributed by atoms with van der Waals surface area (Å²) in [5, 5.41) is 9.93. The zero-order valence-corrected chi connectivity index (χ0v) is 14.6. The van der Waals surface area contributed by atoms with Gasteiger partial charge in [0.1, 0.15) is 5.65 Å². The van der Waals surface area contributed by atoms with Crippen LogP contribution in [0.2, 0.25) is 0 Å². The average Bonchev–Trinajstić information content (AvgIpc) is 3.28. The topological polar surface area (TPSA) is 106 Å². The van der Waals surface area contributed by atoms with Crippen molar-refractivity contribution in [1.82, 2.24) is 14.7 Å². The number of carbonyl (C=O) groups excluding carboxylic acids is 1. The molecular formula is C17H16F3N3O5. The predicted octanol–water partition coefficient (Wildman–Crippen LogP) is 2.54. The van der Waals surface area contributed by atoms with Gasteiger partial charge in [-0.25, -0.2) is 9.78 Å². The van der Waals surface area contributed by atoms with Crippen molar-refractivity contribution >= 4 is 17.5 Å². The van der Waals surface area contributed by atoms with Gasteiger partial charge >= 0.3 is 12.1 Å². The summed E-state index contributed by atoms with van der Waals surface area (Å²) >= 11 is 0. The van der Waals surface area contributed by atoms with E-state index in [1.165, 1.54) is 7.11 Å². The molecule has 0 aliphatic heterocycles. The normalized spacial score (nSPS) is 10.9. The van der Waals surface area contributed by atoms with Gasteiger partial charge in [0.2, 0.25) is 0 Å². The summed E-state index contributed by atoms with van der Waals surface area (Å²) in [6.45, 7) is 0.505. The van der Waals surface area contributed by atoms with Gasteiger partial charge in [0, 0.05) is 37.1 Å². The van der Waals surface area contributed by atoms with Gasteiger partial charge in [0.05, 0.1) is 7.11 Å². The number of hydrogen-bond donors (Lipinski definition) is 2. The summed E-state index contributed by atoms with van der Waals surface area (Å²) in [5.74, 6) is -2.45. The van der Waals surface area contributed by atoms with E-state index < -0.39 is 12.1 Å². The van der Waals surface area contributed by atoms with Crippen LogP contribution in [0.1, 0.15) is 16.2 Å². The molecule has 3 heterocycles. The number of hydrogen-bond acceptors (Lipinski definition) is 5. The molecule has 0 saturated heterocycles. The third kappa shape index (κ3) is 5.50. The number of amides is 1. The molecule has 11 heteroatoms. The molecule has 150 valence electrons. The maximum absolute atomic E-state index is 11.9. The largest absolute Gasteiger partial charge is 0.490 e. The highest BCUT2D eigenvalue weighted by atomic mass is 19.4. The van der Waals surface area contributed by atoms with Crippen molar-refractivity contribution in [2.75, 3.05) is 13.7 Å². The molecule has 0 radical (unpaired) electrons. The Bertz CT molecular complexity index is 949. The zero-order chi connectivity index (χ0) is 20.7. The van der Waals surface area contributed by atoms with Crippen LogP contribution >= 0.6 is 0 Å². The fourth-order valence-corrected chi connectivity index (χ4v) is 2.11. The second kappa shape index (κ2) is 8.93. The van der Waals surface area contributed by atoms with Crippen molar-refractivity contribution in [3.8, 4) is 5.95 Å². The van der Waals surface area contributed by atoms with E-state index in [9.17, 15) is 18.0 Å². The second-order valence-electron chi connectivity index (χ2n) is 5.31. The van der Waals surface area contributed by atoms with Crippen LogP contribution in [0.25, 0.3) is 5.65 Å². The molecule has 3 aromatic heterocycles. The monoisotopic (exact) mass is 399 g/mol. The molecule has 0 spiro atoms. The van der Waals surface area contributed by atoms with Crippen molar-refractivity contribution in [3.05, 3.63) is 54.2 Å². The molecule has 0 aliphatic carbocycles. The molecule has 0 aromatic carbocycles. The highest BCUT2D eigenvalue weighted by Crippen LogP contribution is 2.15. The van der Waals surface area contributed by atoms with Gasteiger partial charge in [-0.05, 0) is 18.2 Å². The number of nitrogens with zero attached hydrogens (tertiary/aromatic N) is 2. The maximum atomic E-state index is 11.9. The van der Waals surface area contributed by atoms with E-state index in [4.69, 9.17) is 19.1 Å². The van der Waals surface area contributed by atoms with Crippen LogP contribution < -0.4 is 10.1 Å². The molecule has 2 N–H and O–H groups in total. The molecule has 8 nitrogen and oxygen atoms in total. The Morgan fingerprint density at radius 2 is 2.00 bits per heavy atom. The highest BCUT2D eigenvalue weighted by molar-refractivity contribution is 5.91. The smallest absolute Gasteiger partial charge is 0.475 e. The number of fused-ring (bicyclic) bond motifs is 1. The van der Waals surface area contributed by atoms with Crippen LogP contribution in [0.4, 0.5) is 13.2 Å². The number of nitrogens with one attached hydrogen (secondary N) is 1. The van der Waals surface area contributed by atoms with E-state index >= 15 is 0 Å². The number of ether oxygens (including phenoxy) is 1. The quantitative estimate of drug-likeness (QED) is 0.683. The first-order chi connectivity index (χ1) is 13.2. The third-order valence-corrected chi connectivity index (χ3v) is 3.41. The standard InChI is InChI=1S/C15H15N3O3.C2HF3O2/c1-20-14-6-5-12(21-14)15(19)16-8-7-11-10-17-13-4-2-3-9-18(11)13;3-2(4,5)1(6)7/h2-6,9-10H,7-8H2,1H3,(H,16,19);(H,6,7). The summed E-state index contributed by atoms with van der Waals surface area (Å²) in [6, 6.07) is 9.03. The highest BCUT2D eigenvalue weighted by Gasteiger charge is 2.38. The number of aromatic nitrogens is 2. The van der Waals surface area contributed by atoms with Crippen LogP contribution in [0.15, 0.2) is 47.1 Å². The van der Waals surface area contributed by atoms with E-state index in [1.807, 2.05) is 35.0 Å². The van der Waals surface area contributed by atoms with E-state index in [0.717, 1.165) is 11.3 Å². The van der Waals surface area contributed by atoms with Crippen LogP contribution in [0.5, 0.6) is 5.95 Å². The third-order valence-electron chi connectivity index (χ3n) is 3.41. The zero-order valence-electron chi connectivity index (χ0n) is 14.6. The predicted molar refractivity (Wildman–Crippen MR) is 90.2 cm³/mol. The molecule has 3 rings (SSSR count). The number of carbonyl (C=O) groups is 2. The summed E-state index contributed by atoms with van der Waals surface area (Å²) in [5.41, 5.74) is 1.94. The first-order valence-corrected chi connectivity index (χ1v) is 7.85. The Hall–Kier alpha value is -3.50. The molecule has 0 saturated carbocycles. The second-order valence-corrected chi connectivity index (χ2v) is 5.31. The van der Waals surface area contributed by atoms with Crippen molar-refractivity contribution in [1.29, 1.82) is 0 Å². The van der Waals surface area contributed by atoms with Gasteiger partial charge in [0.25, 0.3) is 11.9 Å². The Kier molecular flexibility index (Phi) is 6.64. The van der Waals surface area contributed by atoms with Crippen LogP contribution in [-0.4, -0.2) is 46.2 Å². The van der Waals surface area contributed by atoms with Gasteiger partial charge in [-0.3, -0.25) is 4.79 Å². The lowest BCUT2D eigenvalue weighted by Crippen LogP contribution is -2.25. The molecule has 1 amide bonds. The number of imidazole rings is 1. The Morgan fingerprint density at radius 1 is 1.29 bits per heavy atom. The molecule has 0 aliphatic rings. The summed E-state index contributed by atoms with van der Waals surface area (Å²) in [6.07, 6.45) is -0.622. The van der Waals surface area contributed by atoms with E-state index in [1.54, 1.807) is 12.1 Å². The molecule has 0 unspecified atom stereocenters. The number of pyridine rings is 1. The molecule has 28 heavy (non-hydrogen) atoms. The fraction of sp³-hybridized carbons (Fsp3) is 0.235. The lowest BCUT2D eigenvalue weighted by molar-refractivity contribution is -0.192. The summed E-state index contributed by atoms with van der Waals surface area (Å²) < 4.78 is 43.8. The number of alkyl halides is 3. The van der Waals surface area contributed by atoms with Crippen molar-refractivity contribution in [2.24, 2.45) is 0 Å². The summed E-state index contributed by atoms with van der Waals surface area (Å²) in [7, 11) is 1.49. The number of furan rings is 1. The van der Waals surface area contributed by atoms with Crippen molar-refractivity contribution < 1.29 is 37.0 Å². The van der Waals surface area contributed by atoms with Gasteiger partial charge in [-0.15, -0.1) is 0 Å². The number of carboxylic acids is 1. The van der Waals surface area contributed by atoms with Crippen LogP contribution in [0, 0.1) is 0 Å². The van der Waals surface area contributed by atoms with Crippen molar-refractivity contribution in [3.63, 3.8) is 0 Å². The molecule has 0 fully saturated rings. The lowest BCUT2D eigenvalue weighted by atomic mass is 10.3.